The molecule has 2 aliphatic heterocycles. The second-order valence-electron chi connectivity index (χ2n) is 10.1. The molecule has 1 fully saturated rings. The van der Waals surface area contributed by atoms with Crippen molar-refractivity contribution < 1.29 is 4.79 Å². The fourth-order valence-electron chi connectivity index (χ4n) is 5.99. The number of aromatic nitrogens is 6. The lowest BCUT2D eigenvalue weighted by Crippen LogP contribution is -2.39. The van der Waals surface area contributed by atoms with Crippen LogP contribution in [0.4, 0.5) is 5.82 Å². The Morgan fingerprint density at radius 2 is 1.97 bits per heavy atom. The van der Waals surface area contributed by atoms with E-state index in [0.29, 0.717) is 13.1 Å². The summed E-state index contributed by atoms with van der Waals surface area (Å²) in [6.07, 6.45) is 6.79. The quantitative estimate of drug-likeness (QED) is 0.391. The monoisotopic (exact) mass is 518 g/mol. The van der Waals surface area contributed by atoms with E-state index < -0.39 is 0 Å². The van der Waals surface area contributed by atoms with Crippen LogP contribution in [0.25, 0.3) is 22.0 Å². The number of halogens is 1. The van der Waals surface area contributed by atoms with Gasteiger partial charge in [0.15, 0.2) is 5.82 Å². The average Bonchev–Trinajstić information content (AvgIpc) is 3.64. The number of carbonyl (C=O) groups is 1. The lowest BCUT2D eigenvalue weighted by molar-refractivity contribution is -0.127. The number of piperidine rings is 1. The van der Waals surface area contributed by atoms with Crippen molar-refractivity contribution >= 4 is 34.2 Å². The van der Waals surface area contributed by atoms with Gasteiger partial charge in [-0.3, -0.25) is 19.3 Å². The first-order valence-corrected chi connectivity index (χ1v) is 13.2. The molecule has 2 aliphatic rings. The summed E-state index contributed by atoms with van der Waals surface area (Å²) in [4.78, 5) is 16.4. The van der Waals surface area contributed by atoms with E-state index in [1.54, 1.807) is 0 Å². The van der Waals surface area contributed by atoms with Gasteiger partial charge in [-0.05, 0) is 57.4 Å². The molecule has 1 aromatic carbocycles. The Morgan fingerprint density at radius 3 is 2.73 bits per heavy atom. The molecule has 1 unspecified atom stereocenters. The molecular weight excluding hydrogens is 488 g/mol. The molecule has 0 saturated carbocycles. The highest BCUT2D eigenvalue weighted by Crippen LogP contribution is 2.46. The fraction of sp³-hybridized carbons (Fsp3) is 0.407. The van der Waals surface area contributed by atoms with Gasteiger partial charge in [0.1, 0.15) is 0 Å². The van der Waals surface area contributed by atoms with Crippen molar-refractivity contribution in [1.82, 2.24) is 34.7 Å². The molecule has 1 N–H and O–H groups in total. The summed E-state index contributed by atoms with van der Waals surface area (Å²) in [5.41, 5.74) is 6.21. The van der Waals surface area contributed by atoms with Crippen molar-refractivity contribution in [3.63, 3.8) is 0 Å². The highest BCUT2D eigenvalue weighted by Gasteiger charge is 2.34. The Bertz CT molecular complexity index is 1510. The number of aryl methyl sites for hydroxylation is 1. The van der Waals surface area contributed by atoms with Crippen molar-refractivity contribution in [2.24, 2.45) is 0 Å². The van der Waals surface area contributed by atoms with E-state index in [0.717, 1.165) is 70.1 Å². The predicted molar refractivity (Wildman–Crippen MR) is 145 cm³/mol. The Labute approximate surface area is 220 Å². The minimum atomic E-state index is -0.00957. The molecule has 0 bridgehead atoms. The Balaban J connectivity index is 1.50. The van der Waals surface area contributed by atoms with Crippen LogP contribution in [0.5, 0.6) is 0 Å². The molecule has 1 atom stereocenters. The van der Waals surface area contributed by atoms with Gasteiger partial charge in [-0.25, -0.2) is 0 Å². The molecule has 6 rings (SSSR count). The molecule has 1 saturated heterocycles. The number of H-pyrrole nitrogens is 1. The molecule has 0 aliphatic carbocycles. The molecule has 10 heteroatoms. The topological polar surface area (TPSA) is 87.9 Å². The molecular formula is C27H31ClN8O. The van der Waals surface area contributed by atoms with Gasteiger partial charge in [0.05, 0.1) is 41.1 Å². The largest absolute Gasteiger partial charge is 0.344 e. The molecule has 0 radical (unpaired) electrons. The number of anilines is 1. The van der Waals surface area contributed by atoms with Crippen LogP contribution in [0, 0.1) is 13.8 Å². The van der Waals surface area contributed by atoms with Crippen LogP contribution in [0.1, 0.15) is 48.8 Å². The fourth-order valence-corrected chi connectivity index (χ4v) is 6.24. The van der Waals surface area contributed by atoms with E-state index >= 15 is 0 Å². The number of hydrogen-bond donors (Lipinski definition) is 1. The normalized spacial score (nSPS) is 18.4. The number of hydrogen-bond acceptors (Lipinski definition) is 5. The Hall–Kier alpha value is -3.59. The van der Waals surface area contributed by atoms with Gasteiger partial charge >= 0.3 is 0 Å². The number of likely N-dealkylation sites (tertiary alicyclic amines) is 1. The molecule has 4 aromatic rings. The van der Waals surface area contributed by atoms with Crippen LogP contribution in [0.3, 0.4) is 0 Å². The van der Waals surface area contributed by atoms with E-state index in [1.165, 1.54) is 11.8 Å². The van der Waals surface area contributed by atoms with Crippen molar-refractivity contribution in [1.29, 1.82) is 0 Å². The second-order valence-corrected chi connectivity index (χ2v) is 10.4. The number of fused-ring (bicyclic) bond motifs is 2. The third-order valence-corrected chi connectivity index (χ3v) is 8.50. The summed E-state index contributed by atoms with van der Waals surface area (Å²) in [7, 11) is 0. The van der Waals surface area contributed by atoms with Crippen molar-refractivity contribution in [2.75, 3.05) is 24.5 Å². The van der Waals surface area contributed by atoms with Crippen molar-refractivity contribution in [3.05, 3.63) is 59.2 Å². The Kier molecular flexibility index (Phi) is 5.82. The predicted octanol–water partition coefficient (Wildman–Crippen LogP) is 4.82. The zero-order chi connectivity index (χ0) is 25.8. The number of amides is 1. The SMILES string of the molecule is C=CC(=O)N1CCC(n2nc(N3CCn4nccc4C3C)c(-c3c(Cl)c(C)cc4[nH]ncc34)c2C)CC1. The first kappa shape index (κ1) is 23.8. The maximum atomic E-state index is 12.2. The highest BCUT2D eigenvalue weighted by atomic mass is 35.5. The van der Waals surface area contributed by atoms with Crippen LogP contribution in [-0.4, -0.2) is 60.2 Å². The second kappa shape index (κ2) is 9.06. The Morgan fingerprint density at radius 1 is 1.19 bits per heavy atom. The molecule has 1 amide bonds. The van der Waals surface area contributed by atoms with E-state index in [4.69, 9.17) is 16.7 Å². The zero-order valence-electron chi connectivity index (χ0n) is 21.4. The maximum absolute atomic E-state index is 12.2. The van der Waals surface area contributed by atoms with Crippen molar-refractivity contribution in [3.8, 4) is 11.1 Å². The van der Waals surface area contributed by atoms with Gasteiger partial charge < -0.3 is 9.80 Å². The maximum Gasteiger partial charge on any atom is 0.245 e. The lowest BCUT2D eigenvalue weighted by Gasteiger charge is -2.35. The van der Waals surface area contributed by atoms with Crippen molar-refractivity contribution in [2.45, 2.75) is 52.2 Å². The van der Waals surface area contributed by atoms with Gasteiger partial charge in [0.2, 0.25) is 5.91 Å². The average molecular weight is 519 g/mol. The van der Waals surface area contributed by atoms with Gasteiger partial charge in [-0.1, -0.05) is 18.2 Å². The number of benzene rings is 1. The number of nitrogens with zero attached hydrogens (tertiary/aromatic N) is 7. The van der Waals surface area contributed by atoms with Crippen LogP contribution in [0.2, 0.25) is 5.02 Å². The van der Waals surface area contributed by atoms with E-state index in [-0.39, 0.29) is 18.0 Å². The van der Waals surface area contributed by atoms with Gasteiger partial charge in [0, 0.05) is 48.0 Å². The highest BCUT2D eigenvalue weighted by molar-refractivity contribution is 6.36. The third-order valence-electron chi connectivity index (χ3n) is 8.01. The zero-order valence-corrected chi connectivity index (χ0v) is 22.2. The first-order chi connectivity index (χ1) is 17.9. The summed E-state index contributed by atoms with van der Waals surface area (Å²) >= 11 is 7.05. The summed E-state index contributed by atoms with van der Waals surface area (Å²) in [6, 6.07) is 4.42. The summed E-state index contributed by atoms with van der Waals surface area (Å²) in [6.45, 7) is 13.0. The standard InChI is InChI=1S/C27H31ClN8O/c1-5-23(37)33-10-7-19(8-11-33)36-18(4)24(25-20-15-29-31-21(20)14-16(2)26(25)28)27(32-36)34-12-13-35-22(17(34)3)6-9-30-35/h5-6,9,14-15,17,19H,1,7-8,10-13H2,2-4H3,(H,29,31). The van der Waals surface area contributed by atoms with Crippen LogP contribution < -0.4 is 4.90 Å². The number of nitrogens with one attached hydrogen (secondary N) is 1. The van der Waals surface area contributed by atoms with Gasteiger partial charge in [-0.15, -0.1) is 0 Å². The number of rotatable bonds is 4. The molecule has 37 heavy (non-hydrogen) atoms. The van der Waals surface area contributed by atoms with Crippen LogP contribution in [0.15, 0.2) is 37.2 Å². The summed E-state index contributed by atoms with van der Waals surface area (Å²) in [5, 5.41) is 18.9. The molecule has 0 spiro atoms. The molecule has 9 nitrogen and oxygen atoms in total. The minimum Gasteiger partial charge on any atom is -0.344 e. The third kappa shape index (κ3) is 3.75. The van der Waals surface area contributed by atoms with Crippen LogP contribution in [-0.2, 0) is 11.3 Å². The molecule has 5 heterocycles. The summed E-state index contributed by atoms with van der Waals surface area (Å²) < 4.78 is 4.24. The number of aromatic amines is 1. The lowest BCUT2D eigenvalue weighted by atomic mass is 9.97. The van der Waals surface area contributed by atoms with E-state index in [2.05, 4.69) is 56.1 Å². The van der Waals surface area contributed by atoms with Gasteiger partial charge in [-0.2, -0.15) is 15.3 Å². The summed E-state index contributed by atoms with van der Waals surface area (Å²) in [5.74, 6) is 0.918. The molecule has 192 valence electrons. The molecule has 3 aromatic heterocycles. The smallest absolute Gasteiger partial charge is 0.245 e. The number of carbonyl (C=O) groups excluding carboxylic acids is 1. The van der Waals surface area contributed by atoms with E-state index in [1.807, 2.05) is 30.3 Å². The van der Waals surface area contributed by atoms with E-state index in [9.17, 15) is 4.79 Å². The van der Waals surface area contributed by atoms with Crippen LogP contribution >= 0.6 is 11.6 Å². The first-order valence-electron chi connectivity index (χ1n) is 12.8. The van der Waals surface area contributed by atoms with Gasteiger partial charge in [0.25, 0.3) is 0 Å². The minimum absolute atomic E-state index is 0.00957.